The molecule has 0 heterocycles. The quantitative estimate of drug-likeness (QED) is 0.216. The molecule has 0 N–H and O–H groups in total. The number of alkyl halides is 3. The second-order valence-corrected chi connectivity index (χ2v) is 8.10. The van der Waals surface area contributed by atoms with Gasteiger partial charge in [-0.2, -0.15) is 0 Å². The molecule has 0 atom stereocenters. The molecule has 0 fully saturated rings. The van der Waals surface area contributed by atoms with Crippen LogP contribution in [0.3, 0.4) is 0 Å². The van der Waals surface area contributed by atoms with Crippen LogP contribution in [0.4, 0.5) is 0 Å². The van der Waals surface area contributed by atoms with Gasteiger partial charge in [-0.15, -0.1) is 34.8 Å². The molecular formula is C27H24AlCl3O9. The van der Waals surface area contributed by atoms with E-state index in [2.05, 4.69) is 0 Å². The third kappa shape index (κ3) is 13.8. The van der Waals surface area contributed by atoms with E-state index in [0.717, 1.165) is 0 Å². The van der Waals surface area contributed by atoms with Crippen molar-refractivity contribution in [2.24, 2.45) is 0 Å². The first kappa shape index (κ1) is 36.9. The summed E-state index contributed by atoms with van der Waals surface area (Å²) in [6.45, 7) is 0.851. The van der Waals surface area contributed by atoms with Crippen LogP contribution in [0.1, 0.15) is 31.1 Å². The standard InChI is InChI=1S/3C9H9ClO3.Al/c3*10-5-6-13-8-4-2-1-3-7(8)9(11)12;/h3*1-4H,5-6H2,(H,11,12);/q;;;+3/p-3. The van der Waals surface area contributed by atoms with E-state index >= 15 is 0 Å². The summed E-state index contributed by atoms with van der Waals surface area (Å²) in [6.07, 6.45) is 0. The van der Waals surface area contributed by atoms with Crippen LogP contribution >= 0.6 is 34.8 Å². The molecule has 3 rings (SSSR count). The molecule has 0 saturated heterocycles. The van der Waals surface area contributed by atoms with Crippen molar-refractivity contribution in [3.8, 4) is 17.2 Å². The largest absolute Gasteiger partial charge is 3.00 e. The number of carbonyl (C=O) groups excluding carboxylic acids is 3. The van der Waals surface area contributed by atoms with Gasteiger partial charge in [0, 0.05) is 16.7 Å². The second-order valence-electron chi connectivity index (χ2n) is 6.96. The fourth-order valence-corrected chi connectivity index (χ4v) is 2.96. The molecule has 0 radical (unpaired) electrons. The minimum absolute atomic E-state index is 0. The fourth-order valence-electron chi connectivity index (χ4n) is 2.73. The van der Waals surface area contributed by atoms with E-state index < -0.39 is 17.9 Å². The first-order valence-corrected chi connectivity index (χ1v) is 12.8. The van der Waals surface area contributed by atoms with Crippen molar-refractivity contribution in [3.05, 3.63) is 89.5 Å². The molecule has 0 aliphatic heterocycles. The number of carboxylic acids is 3. The number of aromatic carboxylic acids is 3. The molecule has 0 amide bonds. The van der Waals surface area contributed by atoms with Gasteiger partial charge in [-0.3, -0.25) is 0 Å². The molecule has 3 aromatic carbocycles. The van der Waals surface area contributed by atoms with Crippen LogP contribution in [0.5, 0.6) is 17.2 Å². The topological polar surface area (TPSA) is 148 Å². The Morgan fingerprint density at radius 1 is 0.500 bits per heavy atom. The maximum Gasteiger partial charge on any atom is 3.00 e. The van der Waals surface area contributed by atoms with Gasteiger partial charge in [-0.25, -0.2) is 0 Å². The Morgan fingerprint density at radius 2 is 0.725 bits per heavy atom. The van der Waals surface area contributed by atoms with Crippen LogP contribution in [0, 0.1) is 0 Å². The Hall–Kier alpha value is -3.13. The van der Waals surface area contributed by atoms with Crippen molar-refractivity contribution < 1.29 is 43.9 Å². The van der Waals surface area contributed by atoms with E-state index in [-0.39, 0.29) is 53.9 Å². The number of benzene rings is 3. The van der Waals surface area contributed by atoms with Gasteiger partial charge < -0.3 is 43.9 Å². The molecule has 0 aliphatic carbocycles. The predicted octanol–water partition coefficient (Wildman–Crippen LogP) is 1.62. The first-order valence-electron chi connectivity index (χ1n) is 11.2. The maximum absolute atomic E-state index is 10.6. The Bertz CT molecular complexity index is 1050. The zero-order chi connectivity index (χ0) is 29.0. The molecule has 9 nitrogen and oxygen atoms in total. The van der Waals surface area contributed by atoms with Crippen molar-refractivity contribution in [2.75, 3.05) is 37.5 Å². The zero-order valence-electron chi connectivity index (χ0n) is 21.1. The minimum atomic E-state index is -1.25. The number of halogens is 3. The molecule has 0 aliphatic rings. The van der Waals surface area contributed by atoms with Crippen molar-refractivity contribution in [3.63, 3.8) is 0 Å². The number of ether oxygens (including phenoxy) is 3. The summed E-state index contributed by atoms with van der Waals surface area (Å²) in [5, 5.41) is 31.7. The number of rotatable bonds is 12. The Kier molecular flexibility index (Phi) is 20.0. The molecule has 210 valence electrons. The van der Waals surface area contributed by atoms with Crippen LogP contribution < -0.4 is 29.5 Å². The van der Waals surface area contributed by atoms with E-state index in [9.17, 15) is 29.7 Å². The van der Waals surface area contributed by atoms with Gasteiger partial charge in [0.15, 0.2) is 0 Å². The summed E-state index contributed by atoms with van der Waals surface area (Å²) in [5.74, 6) is -1.89. The molecule has 0 bridgehead atoms. The molecule has 0 unspecified atom stereocenters. The molecule has 0 aromatic heterocycles. The van der Waals surface area contributed by atoms with Crippen molar-refractivity contribution in [1.29, 1.82) is 0 Å². The van der Waals surface area contributed by atoms with Gasteiger partial charge in [0.05, 0.1) is 35.5 Å². The molecular weight excluding hydrogens is 602 g/mol. The van der Waals surface area contributed by atoms with E-state index in [1.807, 2.05) is 0 Å². The average Bonchev–Trinajstić information content (AvgIpc) is 2.94. The van der Waals surface area contributed by atoms with E-state index in [1.165, 1.54) is 18.2 Å². The van der Waals surface area contributed by atoms with Crippen molar-refractivity contribution in [2.45, 2.75) is 0 Å². The summed E-state index contributed by atoms with van der Waals surface area (Å²) in [5.41, 5.74) is 0.146. The summed E-state index contributed by atoms with van der Waals surface area (Å²) >= 11 is 16.2. The number of carboxylic acid groups (broad SMARTS) is 3. The van der Waals surface area contributed by atoms with Crippen LogP contribution in [-0.2, 0) is 0 Å². The average molecular weight is 626 g/mol. The van der Waals surface area contributed by atoms with Crippen molar-refractivity contribution >= 4 is 70.1 Å². The van der Waals surface area contributed by atoms with Gasteiger partial charge in [0.25, 0.3) is 0 Å². The summed E-state index contributed by atoms with van der Waals surface area (Å²) in [6, 6.07) is 18.9. The van der Waals surface area contributed by atoms with Crippen LogP contribution in [0.2, 0.25) is 0 Å². The summed E-state index contributed by atoms with van der Waals surface area (Å²) in [7, 11) is 0. The number of para-hydroxylation sites is 3. The first-order chi connectivity index (χ1) is 18.8. The van der Waals surface area contributed by atoms with Gasteiger partial charge in [-0.05, 0) is 36.4 Å². The van der Waals surface area contributed by atoms with Crippen LogP contribution in [0.15, 0.2) is 72.8 Å². The summed E-state index contributed by atoms with van der Waals surface area (Å²) in [4.78, 5) is 31.7. The van der Waals surface area contributed by atoms with Crippen LogP contribution in [-0.4, -0.2) is 72.7 Å². The predicted molar refractivity (Wildman–Crippen MR) is 147 cm³/mol. The fraction of sp³-hybridized carbons (Fsp3) is 0.222. The Labute approximate surface area is 257 Å². The Balaban J connectivity index is 0.000000563. The molecule has 0 saturated carbocycles. The van der Waals surface area contributed by atoms with E-state index in [4.69, 9.17) is 49.0 Å². The second kappa shape index (κ2) is 21.7. The monoisotopic (exact) mass is 624 g/mol. The maximum atomic E-state index is 10.6. The Morgan fingerprint density at radius 3 is 0.925 bits per heavy atom. The smallest absolute Gasteiger partial charge is 0.545 e. The SMILES string of the molecule is O=C([O-])c1ccccc1OCCCl.O=C([O-])c1ccccc1OCCCl.O=C([O-])c1ccccc1OCCCl.[Al+3]. The number of hydrogen-bond acceptors (Lipinski definition) is 9. The van der Waals surface area contributed by atoms with Gasteiger partial charge in [0.1, 0.15) is 37.1 Å². The molecule has 3 aromatic rings. The van der Waals surface area contributed by atoms with Gasteiger partial charge in [-0.1, -0.05) is 36.4 Å². The molecule has 13 heteroatoms. The van der Waals surface area contributed by atoms with Crippen molar-refractivity contribution in [1.82, 2.24) is 0 Å². The van der Waals surface area contributed by atoms with E-state index in [0.29, 0.717) is 34.9 Å². The van der Waals surface area contributed by atoms with Crippen LogP contribution in [0.25, 0.3) is 0 Å². The third-order valence-corrected chi connectivity index (χ3v) is 4.79. The minimum Gasteiger partial charge on any atom is -0.545 e. The van der Waals surface area contributed by atoms with Gasteiger partial charge in [0.2, 0.25) is 0 Å². The molecule has 40 heavy (non-hydrogen) atoms. The number of carbonyl (C=O) groups is 3. The number of hydrogen-bond donors (Lipinski definition) is 0. The normalized spacial score (nSPS) is 9.38. The summed E-state index contributed by atoms with van der Waals surface area (Å²) < 4.78 is 15.3. The third-order valence-electron chi connectivity index (χ3n) is 4.33. The zero-order valence-corrected chi connectivity index (χ0v) is 24.5. The molecule has 0 spiro atoms. The van der Waals surface area contributed by atoms with Gasteiger partial charge >= 0.3 is 17.4 Å². The van der Waals surface area contributed by atoms with E-state index in [1.54, 1.807) is 54.6 Å².